The second-order valence-corrected chi connectivity index (χ2v) is 13.5. The number of benzene rings is 1. The van der Waals surface area contributed by atoms with E-state index in [9.17, 15) is 27.9 Å². The van der Waals surface area contributed by atoms with Crippen LogP contribution in [0.5, 0.6) is 11.8 Å². The van der Waals surface area contributed by atoms with Gasteiger partial charge in [-0.15, -0.1) is 11.3 Å². The van der Waals surface area contributed by atoms with Crippen molar-refractivity contribution in [1.29, 1.82) is 0 Å². The SMILES string of the molecule is CC(C)N1CCC(NC(=O)Oc2nc3c(C(=O)N4CC(O)C4)c(OCC(F)(F)F)ccc3n2Cc2cc(-c3ccc(Cl)s3)on2)CC1. The van der Waals surface area contributed by atoms with Gasteiger partial charge in [0, 0.05) is 44.3 Å². The summed E-state index contributed by atoms with van der Waals surface area (Å²) in [6, 6.07) is 7.88. The van der Waals surface area contributed by atoms with Crippen molar-refractivity contribution in [3.8, 4) is 22.4 Å². The number of aromatic nitrogens is 3. The molecular weight excluding hydrogens is 665 g/mol. The van der Waals surface area contributed by atoms with Gasteiger partial charge in [-0.3, -0.25) is 9.36 Å². The molecule has 0 saturated carbocycles. The molecule has 0 spiro atoms. The van der Waals surface area contributed by atoms with E-state index in [0.717, 1.165) is 30.8 Å². The smallest absolute Gasteiger partial charge is 0.422 e. The maximum Gasteiger partial charge on any atom is 0.422 e. The Balaban J connectivity index is 1.35. The number of imidazole rings is 1. The molecule has 2 fully saturated rings. The first-order valence-electron chi connectivity index (χ1n) is 15.0. The number of amides is 2. The predicted octanol–water partition coefficient (Wildman–Crippen LogP) is 5.17. The minimum atomic E-state index is -4.67. The van der Waals surface area contributed by atoms with Gasteiger partial charge in [-0.25, -0.2) is 4.79 Å². The van der Waals surface area contributed by atoms with Gasteiger partial charge in [0.1, 0.15) is 22.5 Å². The van der Waals surface area contributed by atoms with Crippen LogP contribution in [-0.2, 0) is 6.54 Å². The van der Waals surface area contributed by atoms with Crippen LogP contribution in [0, 0.1) is 0 Å². The molecule has 5 heterocycles. The number of thiophene rings is 1. The van der Waals surface area contributed by atoms with Gasteiger partial charge < -0.3 is 34.2 Å². The van der Waals surface area contributed by atoms with Crippen LogP contribution in [-0.4, -0.2) is 98.8 Å². The van der Waals surface area contributed by atoms with Gasteiger partial charge >= 0.3 is 18.3 Å². The van der Waals surface area contributed by atoms with Crippen LogP contribution in [0.2, 0.25) is 4.34 Å². The van der Waals surface area contributed by atoms with Gasteiger partial charge in [-0.1, -0.05) is 16.8 Å². The van der Waals surface area contributed by atoms with Gasteiger partial charge in [0.25, 0.3) is 5.91 Å². The number of carbonyl (C=O) groups excluding carboxylic acids is 2. The average molecular weight is 697 g/mol. The van der Waals surface area contributed by atoms with E-state index in [2.05, 4.69) is 34.2 Å². The third-order valence-corrected chi connectivity index (χ3v) is 9.31. The zero-order chi connectivity index (χ0) is 33.5. The fraction of sp³-hybridized carbons (Fsp3) is 0.467. The highest BCUT2D eigenvalue weighted by atomic mass is 35.5. The highest BCUT2D eigenvalue weighted by Crippen LogP contribution is 2.36. The molecule has 1 aromatic carbocycles. The fourth-order valence-electron chi connectivity index (χ4n) is 5.60. The molecule has 2 aliphatic heterocycles. The Morgan fingerprint density at radius 1 is 1.19 bits per heavy atom. The predicted molar refractivity (Wildman–Crippen MR) is 166 cm³/mol. The molecule has 2 saturated heterocycles. The van der Waals surface area contributed by atoms with Crippen molar-refractivity contribution in [2.45, 2.75) is 57.6 Å². The van der Waals surface area contributed by atoms with E-state index >= 15 is 0 Å². The van der Waals surface area contributed by atoms with E-state index in [1.54, 1.807) is 18.2 Å². The third kappa shape index (κ3) is 7.50. The first-order chi connectivity index (χ1) is 22.3. The molecule has 2 aliphatic rings. The third-order valence-electron chi connectivity index (χ3n) is 8.06. The molecule has 0 unspecified atom stereocenters. The Labute approximate surface area is 276 Å². The number of carbonyl (C=O) groups is 2. The lowest BCUT2D eigenvalue weighted by atomic mass is 10.0. The number of β-amino-alcohol motifs (C(OH)–C–C–N with tert-alkyl or cyclic N) is 1. The number of hydrogen-bond donors (Lipinski definition) is 2. The number of ether oxygens (including phenoxy) is 2. The van der Waals surface area contributed by atoms with E-state index < -0.39 is 30.9 Å². The van der Waals surface area contributed by atoms with Crippen LogP contribution in [0.15, 0.2) is 34.9 Å². The molecule has 2 amide bonds. The maximum atomic E-state index is 13.6. The summed E-state index contributed by atoms with van der Waals surface area (Å²) >= 11 is 7.37. The van der Waals surface area contributed by atoms with Crippen LogP contribution in [0.1, 0.15) is 42.7 Å². The van der Waals surface area contributed by atoms with Crippen molar-refractivity contribution in [1.82, 2.24) is 29.8 Å². The maximum absolute atomic E-state index is 13.6. The van der Waals surface area contributed by atoms with E-state index in [0.29, 0.717) is 21.8 Å². The number of alkyl halides is 3. The van der Waals surface area contributed by atoms with E-state index in [1.807, 2.05) is 0 Å². The monoisotopic (exact) mass is 696 g/mol. The summed E-state index contributed by atoms with van der Waals surface area (Å²) in [5.74, 6) is -0.588. The van der Waals surface area contributed by atoms with Crippen LogP contribution in [0.3, 0.4) is 0 Å². The Hall–Kier alpha value is -3.86. The number of nitrogens with zero attached hydrogens (tertiary/aromatic N) is 5. The van der Waals surface area contributed by atoms with Crippen molar-refractivity contribution >= 4 is 46.0 Å². The summed E-state index contributed by atoms with van der Waals surface area (Å²) in [6.45, 7) is 4.15. The molecule has 2 N–H and O–H groups in total. The Morgan fingerprint density at radius 3 is 2.57 bits per heavy atom. The summed E-state index contributed by atoms with van der Waals surface area (Å²) in [4.78, 5) is 35.5. The molecule has 0 radical (unpaired) electrons. The fourth-order valence-corrected chi connectivity index (χ4v) is 6.59. The summed E-state index contributed by atoms with van der Waals surface area (Å²) in [6.07, 6.45) is -4.76. The number of rotatable bonds is 9. The molecule has 4 aromatic rings. The lowest BCUT2D eigenvalue weighted by Gasteiger charge is -2.36. The number of fused-ring (bicyclic) bond motifs is 1. The summed E-state index contributed by atoms with van der Waals surface area (Å²) in [7, 11) is 0. The lowest BCUT2D eigenvalue weighted by Crippen LogP contribution is -2.53. The number of likely N-dealkylation sites (tertiary alicyclic amines) is 2. The number of piperidine rings is 1. The largest absolute Gasteiger partial charge is 0.483 e. The van der Waals surface area contributed by atoms with Crippen molar-refractivity contribution in [2.75, 3.05) is 32.8 Å². The molecule has 6 rings (SSSR count). The second-order valence-electron chi connectivity index (χ2n) is 11.8. The number of aliphatic hydroxyl groups is 1. The van der Waals surface area contributed by atoms with Crippen molar-refractivity contribution < 1.29 is 41.9 Å². The lowest BCUT2D eigenvalue weighted by molar-refractivity contribution is -0.153. The van der Waals surface area contributed by atoms with E-state index in [-0.39, 0.29) is 54.0 Å². The normalized spacial score (nSPS) is 16.6. The Kier molecular flexibility index (Phi) is 9.38. The van der Waals surface area contributed by atoms with Gasteiger partial charge in [0.15, 0.2) is 12.4 Å². The molecular formula is C30H32ClF3N6O6S. The van der Waals surface area contributed by atoms with Crippen molar-refractivity contribution in [2.24, 2.45) is 0 Å². The summed E-state index contributed by atoms with van der Waals surface area (Å²) in [5.41, 5.74) is 0.382. The second kappa shape index (κ2) is 13.3. The molecule has 0 aliphatic carbocycles. The van der Waals surface area contributed by atoms with Gasteiger partial charge in [0.05, 0.1) is 27.4 Å². The summed E-state index contributed by atoms with van der Waals surface area (Å²) in [5, 5.41) is 16.8. The minimum Gasteiger partial charge on any atom is -0.483 e. The highest BCUT2D eigenvalue weighted by molar-refractivity contribution is 7.19. The van der Waals surface area contributed by atoms with E-state index in [4.69, 9.17) is 25.6 Å². The molecule has 0 atom stereocenters. The highest BCUT2D eigenvalue weighted by Gasteiger charge is 2.36. The van der Waals surface area contributed by atoms with Gasteiger partial charge in [-0.2, -0.15) is 18.2 Å². The van der Waals surface area contributed by atoms with Crippen molar-refractivity contribution in [3.63, 3.8) is 0 Å². The molecule has 252 valence electrons. The standard InChI is InChI=1S/C30H32ClF3N6O6S/c1-16(2)38-9-7-17(8-10-38)35-29(43)45-28-36-26-20(40(28)12-18-11-22(46-37-18)23-5-6-24(31)47-23)3-4-21(44-15-30(32,33)34)25(26)27(42)39-13-19(41)14-39/h3-6,11,16-17,19,41H,7-10,12-15H2,1-2H3,(H,35,43). The molecule has 3 aromatic heterocycles. The average Bonchev–Trinajstić information content (AvgIpc) is 3.73. The zero-order valence-corrected chi connectivity index (χ0v) is 27.0. The number of aliphatic hydroxyl groups excluding tert-OH is 1. The van der Waals surface area contributed by atoms with Crippen LogP contribution in [0.4, 0.5) is 18.0 Å². The zero-order valence-electron chi connectivity index (χ0n) is 25.4. The van der Waals surface area contributed by atoms with E-state index in [1.165, 1.54) is 32.9 Å². The quantitative estimate of drug-likeness (QED) is 0.243. The first-order valence-corrected chi connectivity index (χ1v) is 16.2. The van der Waals surface area contributed by atoms with Crippen LogP contribution >= 0.6 is 22.9 Å². The molecule has 12 nitrogen and oxygen atoms in total. The van der Waals surface area contributed by atoms with Gasteiger partial charge in [0.2, 0.25) is 0 Å². The Morgan fingerprint density at radius 2 is 1.94 bits per heavy atom. The number of hydrogen-bond acceptors (Lipinski definition) is 10. The minimum absolute atomic E-state index is 0.00944. The number of halogens is 4. The van der Waals surface area contributed by atoms with Crippen molar-refractivity contribution in [3.05, 3.63) is 45.9 Å². The van der Waals surface area contributed by atoms with Crippen LogP contribution in [0.25, 0.3) is 21.7 Å². The molecule has 47 heavy (non-hydrogen) atoms. The summed E-state index contributed by atoms with van der Waals surface area (Å²) < 4.78 is 57.8. The Bertz CT molecular complexity index is 1760. The number of nitrogens with one attached hydrogen (secondary N) is 1. The molecule has 0 bridgehead atoms. The molecule has 17 heteroatoms. The van der Waals surface area contributed by atoms with Crippen LogP contribution < -0.4 is 14.8 Å². The topological polar surface area (TPSA) is 135 Å². The van der Waals surface area contributed by atoms with Gasteiger partial charge in [-0.05, 0) is 51.0 Å². The first kappa shape index (κ1) is 33.1.